The summed E-state index contributed by atoms with van der Waals surface area (Å²) >= 11 is 0. The molecule has 2 rings (SSSR count). The van der Waals surface area contributed by atoms with Gasteiger partial charge in [0.05, 0.1) is 14.2 Å². The lowest BCUT2D eigenvalue weighted by atomic mass is 10.0. The summed E-state index contributed by atoms with van der Waals surface area (Å²) in [5, 5.41) is 6.15. The van der Waals surface area contributed by atoms with Crippen LogP contribution in [-0.2, 0) is 4.79 Å². The molecule has 1 atom stereocenters. The van der Waals surface area contributed by atoms with Gasteiger partial charge >= 0.3 is 0 Å². The van der Waals surface area contributed by atoms with Gasteiger partial charge in [0.1, 0.15) is 0 Å². The van der Waals surface area contributed by atoms with Gasteiger partial charge in [-0.1, -0.05) is 0 Å². The van der Waals surface area contributed by atoms with Gasteiger partial charge in [-0.05, 0) is 37.6 Å². The van der Waals surface area contributed by atoms with Gasteiger partial charge < -0.3 is 20.1 Å². The summed E-state index contributed by atoms with van der Waals surface area (Å²) in [6.45, 7) is 1.94. The van der Waals surface area contributed by atoms with Crippen molar-refractivity contribution >= 4 is 11.6 Å². The number of amides is 1. The predicted octanol–water partition coefficient (Wildman–Crippen LogP) is 1.64. The van der Waals surface area contributed by atoms with Crippen LogP contribution in [0.5, 0.6) is 11.5 Å². The average molecular weight is 264 g/mol. The fourth-order valence-electron chi connectivity index (χ4n) is 2.28. The van der Waals surface area contributed by atoms with Crippen molar-refractivity contribution in [3.05, 3.63) is 18.2 Å². The topological polar surface area (TPSA) is 59.6 Å². The molecule has 0 bridgehead atoms. The lowest BCUT2D eigenvalue weighted by Crippen LogP contribution is -2.18. The smallest absolute Gasteiger partial charge is 0.224 e. The molecule has 1 aromatic rings. The van der Waals surface area contributed by atoms with Crippen LogP contribution in [0.3, 0.4) is 0 Å². The highest BCUT2D eigenvalue weighted by molar-refractivity contribution is 5.91. The number of ether oxygens (including phenoxy) is 2. The Morgan fingerprint density at radius 2 is 2.16 bits per heavy atom. The molecule has 19 heavy (non-hydrogen) atoms. The first-order valence-electron chi connectivity index (χ1n) is 6.45. The van der Waals surface area contributed by atoms with Gasteiger partial charge in [-0.25, -0.2) is 0 Å². The second-order valence-corrected chi connectivity index (χ2v) is 4.68. The number of carbonyl (C=O) groups is 1. The first-order chi connectivity index (χ1) is 9.22. The normalized spacial score (nSPS) is 18.1. The van der Waals surface area contributed by atoms with E-state index >= 15 is 0 Å². The van der Waals surface area contributed by atoms with Crippen LogP contribution in [0.1, 0.15) is 12.8 Å². The maximum absolute atomic E-state index is 11.9. The van der Waals surface area contributed by atoms with E-state index in [1.165, 1.54) is 0 Å². The SMILES string of the molecule is COc1ccc(NC(=O)CC2CCNC2)cc1OC. The highest BCUT2D eigenvalue weighted by atomic mass is 16.5. The summed E-state index contributed by atoms with van der Waals surface area (Å²) in [7, 11) is 3.16. The zero-order chi connectivity index (χ0) is 13.7. The Balaban J connectivity index is 1.96. The zero-order valence-corrected chi connectivity index (χ0v) is 11.4. The molecule has 0 aliphatic carbocycles. The number of anilines is 1. The summed E-state index contributed by atoms with van der Waals surface area (Å²) < 4.78 is 10.4. The van der Waals surface area contributed by atoms with Crippen molar-refractivity contribution in [1.29, 1.82) is 0 Å². The number of methoxy groups -OCH3 is 2. The second-order valence-electron chi connectivity index (χ2n) is 4.68. The van der Waals surface area contributed by atoms with E-state index in [-0.39, 0.29) is 5.91 Å². The molecule has 0 saturated carbocycles. The predicted molar refractivity (Wildman–Crippen MR) is 73.8 cm³/mol. The quantitative estimate of drug-likeness (QED) is 0.849. The molecule has 1 unspecified atom stereocenters. The minimum absolute atomic E-state index is 0.0425. The fourth-order valence-corrected chi connectivity index (χ4v) is 2.28. The van der Waals surface area contributed by atoms with E-state index in [4.69, 9.17) is 9.47 Å². The average Bonchev–Trinajstić information content (AvgIpc) is 2.91. The molecule has 5 nitrogen and oxygen atoms in total. The Hall–Kier alpha value is -1.75. The van der Waals surface area contributed by atoms with Gasteiger partial charge in [0.15, 0.2) is 11.5 Å². The molecular formula is C14H20N2O3. The Morgan fingerprint density at radius 3 is 2.79 bits per heavy atom. The van der Waals surface area contributed by atoms with Crippen molar-refractivity contribution in [2.75, 3.05) is 32.6 Å². The standard InChI is InChI=1S/C14H20N2O3/c1-18-12-4-3-11(8-13(12)19-2)16-14(17)7-10-5-6-15-9-10/h3-4,8,10,15H,5-7,9H2,1-2H3,(H,16,17). The monoisotopic (exact) mass is 264 g/mol. The minimum Gasteiger partial charge on any atom is -0.493 e. The number of nitrogens with one attached hydrogen (secondary N) is 2. The third kappa shape index (κ3) is 3.61. The van der Waals surface area contributed by atoms with Crippen molar-refractivity contribution in [2.45, 2.75) is 12.8 Å². The van der Waals surface area contributed by atoms with E-state index in [1.54, 1.807) is 26.4 Å². The third-order valence-electron chi connectivity index (χ3n) is 3.30. The zero-order valence-electron chi connectivity index (χ0n) is 11.4. The first kappa shape index (κ1) is 13.7. The second kappa shape index (κ2) is 6.43. The van der Waals surface area contributed by atoms with Crippen LogP contribution >= 0.6 is 0 Å². The van der Waals surface area contributed by atoms with Crippen LogP contribution in [0.15, 0.2) is 18.2 Å². The van der Waals surface area contributed by atoms with Crippen molar-refractivity contribution in [3.63, 3.8) is 0 Å². The van der Waals surface area contributed by atoms with Crippen LogP contribution in [-0.4, -0.2) is 33.2 Å². The Bertz CT molecular complexity index is 442. The number of rotatable bonds is 5. The van der Waals surface area contributed by atoms with Gasteiger partial charge in [0, 0.05) is 18.2 Å². The summed E-state index contributed by atoms with van der Waals surface area (Å²) in [5.74, 6) is 1.75. The lowest BCUT2D eigenvalue weighted by Gasteiger charge is -2.12. The van der Waals surface area contributed by atoms with Crippen molar-refractivity contribution in [2.24, 2.45) is 5.92 Å². The molecule has 5 heteroatoms. The van der Waals surface area contributed by atoms with Gasteiger partial charge in [-0.2, -0.15) is 0 Å². The van der Waals surface area contributed by atoms with E-state index < -0.39 is 0 Å². The van der Waals surface area contributed by atoms with Crippen molar-refractivity contribution in [3.8, 4) is 11.5 Å². The van der Waals surface area contributed by atoms with E-state index in [0.717, 1.165) is 25.2 Å². The van der Waals surface area contributed by atoms with Crippen LogP contribution in [0, 0.1) is 5.92 Å². The molecule has 1 aliphatic heterocycles. The van der Waals surface area contributed by atoms with E-state index in [1.807, 2.05) is 6.07 Å². The first-order valence-corrected chi connectivity index (χ1v) is 6.45. The number of hydrogen-bond donors (Lipinski definition) is 2. The maximum atomic E-state index is 11.9. The number of hydrogen-bond acceptors (Lipinski definition) is 4. The Labute approximate surface area is 113 Å². The van der Waals surface area contributed by atoms with Crippen LogP contribution in [0.4, 0.5) is 5.69 Å². The lowest BCUT2D eigenvalue weighted by molar-refractivity contribution is -0.116. The van der Waals surface area contributed by atoms with Gasteiger partial charge in [0.25, 0.3) is 0 Å². The highest BCUT2D eigenvalue weighted by Crippen LogP contribution is 2.29. The molecule has 1 heterocycles. The Morgan fingerprint density at radius 1 is 1.37 bits per heavy atom. The molecule has 1 saturated heterocycles. The van der Waals surface area contributed by atoms with Crippen LogP contribution in [0.25, 0.3) is 0 Å². The van der Waals surface area contributed by atoms with Crippen molar-refractivity contribution in [1.82, 2.24) is 5.32 Å². The summed E-state index contributed by atoms with van der Waals surface area (Å²) in [6.07, 6.45) is 1.63. The number of carbonyl (C=O) groups excluding carboxylic acids is 1. The number of benzene rings is 1. The summed E-state index contributed by atoms with van der Waals surface area (Å²) in [5.41, 5.74) is 0.730. The molecule has 0 aromatic heterocycles. The molecule has 1 fully saturated rings. The summed E-state index contributed by atoms with van der Waals surface area (Å²) in [6, 6.07) is 5.36. The van der Waals surface area contributed by atoms with Gasteiger partial charge in [-0.3, -0.25) is 4.79 Å². The van der Waals surface area contributed by atoms with Crippen LogP contribution in [0.2, 0.25) is 0 Å². The van der Waals surface area contributed by atoms with Crippen molar-refractivity contribution < 1.29 is 14.3 Å². The van der Waals surface area contributed by atoms with E-state index in [2.05, 4.69) is 10.6 Å². The minimum atomic E-state index is 0.0425. The largest absolute Gasteiger partial charge is 0.493 e. The van der Waals surface area contributed by atoms with Gasteiger partial charge in [-0.15, -0.1) is 0 Å². The molecule has 0 spiro atoms. The molecule has 1 amide bonds. The molecule has 0 radical (unpaired) electrons. The van der Waals surface area contributed by atoms with E-state index in [0.29, 0.717) is 23.8 Å². The maximum Gasteiger partial charge on any atom is 0.224 e. The molecule has 104 valence electrons. The van der Waals surface area contributed by atoms with Crippen LogP contribution < -0.4 is 20.1 Å². The third-order valence-corrected chi connectivity index (χ3v) is 3.30. The highest BCUT2D eigenvalue weighted by Gasteiger charge is 2.18. The van der Waals surface area contributed by atoms with Gasteiger partial charge in [0.2, 0.25) is 5.91 Å². The summed E-state index contributed by atoms with van der Waals surface area (Å²) in [4.78, 5) is 11.9. The molecule has 2 N–H and O–H groups in total. The fraction of sp³-hybridized carbons (Fsp3) is 0.500. The molecular weight excluding hydrogens is 244 g/mol. The van der Waals surface area contributed by atoms with E-state index in [9.17, 15) is 4.79 Å². The molecule has 1 aromatic carbocycles. The Kier molecular flexibility index (Phi) is 4.63. The molecule has 1 aliphatic rings.